The lowest BCUT2D eigenvalue weighted by atomic mass is 9.88. The lowest BCUT2D eigenvalue weighted by molar-refractivity contribution is 0.483. The predicted octanol–water partition coefficient (Wildman–Crippen LogP) is 14.8. The van der Waals surface area contributed by atoms with Crippen LogP contribution in [0, 0.1) is 5.82 Å². The van der Waals surface area contributed by atoms with Crippen molar-refractivity contribution in [3.05, 3.63) is 168 Å². The number of para-hydroxylation sites is 3. The molecule has 8 rings (SSSR count). The molecule has 0 spiro atoms. The van der Waals surface area contributed by atoms with E-state index >= 15 is 0 Å². The maximum absolute atomic E-state index is 13.8. The summed E-state index contributed by atoms with van der Waals surface area (Å²) in [4.78, 5) is 4.84. The van der Waals surface area contributed by atoms with E-state index in [4.69, 9.17) is 9.72 Å². The predicted molar refractivity (Wildman–Crippen MR) is 237 cm³/mol. The van der Waals surface area contributed by atoms with Gasteiger partial charge < -0.3 is 15.4 Å². The van der Waals surface area contributed by atoms with Crippen LogP contribution < -0.4 is 15.4 Å². The molecule has 0 radical (unpaired) electrons. The van der Waals surface area contributed by atoms with Crippen LogP contribution in [0.4, 0.5) is 27.1 Å². The Morgan fingerprint density at radius 1 is 0.596 bits per heavy atom. The number of ether oxygens (including phenoxy) is 1. The highest BCUT2D eigenvalue weighted by Crippen LogP contribution is 2.41. The smallest absolute Gasteiger partial charge is 0.137 e. The Morgan fingerprint density at radius 3 is 1.95 bits per heavy atom. The number of hydrogen-bond donors (Lipinski definition) is 2. The molecule has 0 aliphatic carbocycles. The van der Waals surface area contributed by atoms with E-state index in [1.807, 2.05) is 54.7 Å². The Labute approximate surface area is 335 Å². The standard InChI is InChI=1S/C51H49FN4O/c1-32(2)43-27-35(34-19-21-37(52)22-20-34)28-44(33(3)4)50(43)55-46-17-10-9-16-45(46)54-38-13-12-14-39(30-38)57-40-23-24-42-41-15-8-11-18-47(41)56(48(42)31-40)49-29-36(25-26-53-49)51(5,6)7/h8-33,54-55H,1-7H3. The molecule has 2 N–H and O–H groups in total. The molecular weight excluding hydrogens is 704 g/mol. The first-order valence-corrected chi connectivity index (χ1v) is 19.8. The molecule has 5 nitrogen and oxygen atoms in total. The van der Waals surface area contributed by atoms with E-state index in [0.29, 0.717) is 0 Å². The van der Waals surface area contributed by atoms with Gasteiger partial charge in [0, 0.05) is 40.5 Å². The van der Waals surface area contributed by atoms with Crippen LogP contribution in [0.25, 0.3) is 38.8 Å². The number of fused-ring (bicyclic) bond motifs is 3. The molecule has 2 aromatic heterocycles. The third kappa shape index (κ3) is 7.73. The van der Waals surface area contributed by atoms with Crippen molar-refractivity contribution in [3.63, 3.8) is 0 Å². The second-order valence-electron chi connectivity index (χ2n) is 16.5. The summed E-state index contributed by atoms with van der Waals surface area (Å²) < 4.78 is 22.6. The second kappa shape index (κ2) is 15.3. The zero-order valence-electron chi connectivity index (χ0n) is 33.7. The summed E-state index contributed by atoms with van der Waals surface area (Å²) in [6.45, 7) is 15.5. The fourth-order valence-corrected chi connectivity index (χ4v) is 7.58. The Hall–Kier alpha value is -6.40. The Bertz CT molecular complexity index is 2690. The topological polar surface area (TPSA) is 51.1 Å². The van der Waals surface area contributed by atoms with Crippen LogP contribution in [0.3, 0.4) is 0 Å². The molecule has 0 saturated carbocycles. The van der Waals surface area contributed by atoms with Gasteiger partial charge in [-0.05, 0) is 124 Å². The number of hydrogen-bond acceptors (Lipinski definition) is 4. The fraction of sp³-hybridized carbons (Fsp3) is 0.196. The molecule has 2 heterocycles. The van der Waals surface area contributed by atoms with Gasteiger partial charge in [-0.15, -0.1) is 0 Å². The first kappa shape index (κ1) is 37.5. The molecule has 0 aliphatic rings. The van der Waals surface area contributed by atoms with Gasteiger partial charge in [0.1, 0.15) is 23.1 Å². The van der Waals surface area contributed by atoms with Crippen molar-refractivity contribution in [2.75, 3.05) is 10.6 Å². The van der Waals surface area contributed by atoms with Gasteiger partial charge in [0.25, 0.3) is 0 Å². The molecule has 6 aromatic carbocycles. The molecule has 0 atom stereocenters. The Kier molecular flexibility index (Phi) is 10.0. The summed E-state index contributed by atoms with van der Waals surface area (Å²) in [5.41, 5.74) is 11.8. The highest BCUT2D eigenvalue weighted by atomic mass is 19.1. The van der Waals surface area contributed by atoms with E-state index in [1.165, 1.54) is 34.2 Å². The third-order valence-corrected chi connectivity index (χ3v) is 10.6. The first-order valence-electron chi connectivity index (χ1n) is 19.8. The van der Waals surface area contributed by atoms with Crippen molar-refractivity contribution in [3.8, 4) is 28.4 Å². The van der Waals surface area contributed by atoms with Crippen molar-refractivity contribution < 1.29 is 9.13 Å². The number of rotatable bonds is 10. The van der Waals surface area contributed by atoms with Crippen LogP contribution in [-0.2, 0) is 5.41 Å². The average Bonchev–Trinajstić information content (AvgIpc) is 3.52. The van der Waals surface area contributed by atoms with Crippen molar-refractivity contribution >= 4 is 44.6 Å². The van der Waals surface area contributed by atoms with Crippen molar-refractivity contribution in [1.82, 2.24) is 9.55 Å². The molecule has 0 amide bonds. The maximum Gasteiger partial charge on any atom is 0.137 e. The van der Waals surface area contributed by atoms with E-state index in [2.05, 4.69) is 143 Å². The molecule has 6 heteroatoms. The van der Waals surface area contributed by atoms with Gasteiger partial charge in [-0.1, -0.05) is 97.0 Å². The molecule has 0 unspecified atom stereocenters. The zero-order chi connectivity index (χ0) is 39.8. The minimum atomic E-state index is -0.233. The number of halogens is 1. The van der Waals surface area contributed by atoms with E-state index in [0.717, 1.165) is 67.6 Å². The highest BCUT2D eigenvalue weighted by Gasteiger charge is 2.20. The van der Waals surface area contributed by atoms with Crippen LogP contribution in [-0.4, -0.2) is 9.55 Å². The van der Waals surface area contributed by atoms with Gasteiger partial charge in [0.2, 0.25) is 0 Å². The first-order chi connectivity index (χ1) is 27.4. The second-order valence-corrected chi connectivity index (χ2v) is 16.5. The van der Waals surface area contributed by atoms with Gasteiger partial charge in [-0.3, -0.25) is 4.57 Å². The van der Waals surface area contributed by atoms with Crippen molar-refractivity contribution in [1.29, 1.82) is 0 Å². The van der Waals surface area contributed by atoms with Crippen molar-refractivity contribution in [2.45, 2.75) is 65.7 Å². The summed E-state index contributed by atoms with van der Waals surface area (Å²) >= 11 is 0. The maximum atomic E-state index is 13.8. The van der Waals surface area contributed by atoms with Crippen LogP contribution in [0.2, 0.25) is 0 Å². The molecule has 0 saturated heterocycles. The number of nitrogens with one attached hydrogen (secondary N) is 2. The van der Waals surface area contributed by atoms with Crippen molar-refractivity contribution in [2.24, 2.45) is 0 Å². The fourth-order valence-electron chi connectivity index (χ4n) is 7.58. The van der Waals surface area contributed by atoms with Gasteiger partial charge >= 0.3 is 0 Å². The van der Waals surface area contributed by atoms with Gasteiger partial charge in [0.05, 0.1) is 22.4 Å². The molecule has 0 fully saturated rings. The summed E-state index contributed by atoms with van der Waals surface area (Å²) in [6.07, 6.45) is 1.90. The number of nitrogens with zero attached hydrogens (tertiary/aromatic N) is 2. The monoisotopic (exact) mass is 752 g/mol. The minimum Gasteiger partial charge on any atom is -0.457 e. The van der Waals surface area contributed by atoms with Gasteiger partial charge in [-0.25, -0.2) is 9.37 Å². The van der Waals surface area contributed by atoms with E-state index in [9.17, 15) is 4.39 Å². The van der Waals surface area contributed by atoms with Crippen LogP contribution >= 0.6 is 0 Å². The van der Waals surface area contributed by atoms with Crippen LogP contribution in [0.15, 0.2) is 146 Å². The van der Waals surface area contributed by atoms with E-state index < -0.39 is 0 Å². The summed E-state index contributed by atoms with van der Waals surface area (Å²) in [7, 11) is 0. The van der Waals surface area contributed by atoms with E-state index in [-0.39, 0.29) is 23.1 Å². The summed E-state index contributed by atoms with van der Waals surface area (Å²) in [5.74, 6) is 2.62. The van der Waals surface area contributed by atoms with Gasteiger partial charge in [-0.2, -0.15) is 0 Å². The Morgan fingerprint density at radius 2 is 1.25 bits per heavy atom. The quantitative estimate of drug-likeness (QED) is 0.146. The molecule has 57 heavy (non-hydrogen) atoms. The number of benzene rings is 6. The average molecular weight is 753 g/mol. The zero-order valence-corrected chi connectivity index (χ0v) is 33.7. The normalized spacial score (nSPS) is 11.8. The highest BCUT2D eigenvalue weighted by molar-refractivity contribution is 6.09. The molecule has 286 valence electrons. The molecule has 0 bridgehead atoms. The molecule has 8 aromatic rings. The Balaban J connectivity index is 1.10. The number of anilines is 4. The van der Waals surface area contributed by atoms with Gasteiger partial charge in [0.15, 0.2) is 0 Å². The lowest BCUT2D eigenvalue weighted by Gasteiger charge is -2.24. The largest absolute Gasteiger partial charge is 0.457 e. The van der Waals surface area contributed by atoms with E-state index in [1.54, 1.807) is 0 Å². The summed E-state index contributed by atoms with van der Waals surface area (Å²) in [5, 5.41) is 9.81. The SMILES string of the molecule is CC(C)c1cc(-c2ccc(F)cc2)cc(C(C)C)c1Nc1ccccc1Nc1cccc(Oc2ccc3c4ccccc4n(-c4cc(C(C)(C)C)ccn4)c3c2)c1. The number of aromatic nitrogens is 2. The third-order valence-electron chi connectivity index (χ3n) is 10.6. The molecular formula is C51H49FN4O. The number of pyridine rings is 1. The minimum absolute atomic E-state index is 0.00770. The lowest BCUT2D eigenvalue weighted by Crippen LogP contribution is -2.12. The van der Waals surface area contributed by atoms with Crippen LogP contribution in [0.5, 0.6) is 11.5 Å². The molecule has 0 aliphatic heterocycles. The summed E-state index contributed by atoms with van der Waals surface area (Å²) in [6, 6.07) is 46.6. The van der Waals surface area contributed by atoms with Crippen LogP contribution in [0.1, 0.15) is 77.0 Å².